The quantitative estimate of drug-likeness (QED) is 0.832. The van der Waals surface area contributed by atoms with Crippen molar-refractivity contribution in [2.24, 2.45) is 5.92 Å². The SMILES string of the molecule is CCCNC1CCC(O)(C2CC(C)(C)OC2(C)C)CC1. The van der Waals surface area contributed by atoms with Crippen molar-refractivity contribution in [3.63, 3.8) is 0 Å². The first-order chi connectivity index (χ1) is 9.19. The first-order valence-electron chi connectivity index (χ1n) is 8.34. The fourth-order valence-electron chi connectivity index (χ4n) is 4.42. The standard InChI is InChI=1S/C17H33NO2/c1-6-11-18-13-7-9-17(19,10-8-13)14-12-15(2,3)20-16(14,4)5/h13-14,18-19H,6-12H2,1-5H3. The molecular formula is C17H33NO2. The highest BCUT2D eigenvalue weighted by Gasteiger charge is 2.55. The number of rotatable bonds is 4. The topological polar surface area (TPSA) is 41.5 Å². The lowest BCUT2D eigenvalue weighted by atomic mass is 9.67. The van der Waals surface area contributed by atoms with Gasteiger partial charge in [0.05, 0.1) is 16.8 Å². The maximum absolute atomic E-state index is 11.2. The van der Waals surface area contributed by atoms with Gasteiger partial charge in [-0.2, -0.15) is 0 Å². The molecule has 0 radical (unpaired) electrons. The van der Waals surface area contributed by atoms with Gasteiger partial charge in [0.15, 0.2) is 0 Å². The first kappa shape index (κ1) is 16.3. The number of hydrogen-bond donors (Lipinski definition) is 2. The molecule has 0 aromatic heterocycles. The number of hydrogen-bond acceptors (Lipinski definition) is 3. The summed E-state index contributed by atoms with van der Waals surface area (Å²) in [7, 11) is 0. The van der Waals surface area contributed by atoms with Gasteiger partial charge in [0.25, 0.3) is 0 Å². The molecule has 2 rings (SSSR count). The minimum atomic E-state index is -0.540. The monoisotopic (exact) mass is 283 g/mol. The lowest BCUT2D eigenvalue weighted by Gasteiger charge is -2.44. The zero-order valence-electron chi connectivity index (χ0n) is 14.0. The molecule has 3 heteroatoms. The summed E-state index contributed by atoms with van der Waals surface area (Å²) in [4.78, 5) is 0. The van der Waals surface area contributed by atoms with Crippen LogP contribution in [0, 0.1) is 5.92 Å². The maximum Gasteiger partial charge on any atom is 0.0705 e. The van der Waals surface area contributed by atoms with E-state index in [9.17, 15) is 5.11 Å². The van der Waals surface area contributed by atoms with Gasteiger partial charge in [-0.3, -0.25) is 0 Å². The maximum atomic E-state index is 11.2. The third kappa shape index (κ3) is 3.37. The number of aliphatic hydroxyl groups is 1. The Morgan fingerprint density at radius 3 is 2.20 bits per heavy atom. The van der Waals surface area contributed by atoms with Crippen LogP contribution in [-0.4, -0.2) is 34.5 Å². The summed E-state index contributed by atoms with van der Waals surface area (Å²) in [6.07, 6.45) is 6.12. The highest BCUT2D eigenvalue weighted by Crippen LogP contribution is 2.51. The van der Waals surface area contributed by atoms with Crippen LogP contribution in [0.1, 0.15) is 73.1 Å². The molecule has 0 aromatic rings. The van der Waals surface area contributed by atoms with Crippen molar-refractivity contribution < 1.29 is 9.84 Å². The van der Waals surface area contributed by atoms with Gasteiger partial charge < -0.3 is 15.2 Å². The van der Waals surface area contributed by atoms with E-state index in [-0.39, 0.29) is 17.1 Å². The van der Waals surface area contributed by atoms with Crippen molar-refractivity contribution in [3.05, 3.63) is 0 Å². The molecule has 0 aromatic carbocycles. The van der Waals surface area contributed by atoms with Crippen LogP contribution in [0.25, 0.3) is 0 Å². The van der Waals surface area contributed by atoms with E-state index < -0.39 is 5.60 Å². The third-order valence-corrected chi connectivity index (χ3v) is 5.26. The van der Waals surface area contributed by atoms with Crippen molar-refractivity contribution in [3.8, 4) is 0 Å². The molecule has 0 spiro atoms. The normalized spacial score (nSPS) is 39.9. The molecule has 0 bridgehead atoms. The van der Waals surface area contributed by atoms with Gasteiger partial charge in [-0.1, -0.05) is 6.92 Å². The Bertz CT molecular complexity index is 330. The predicted octanol–water partition coefficient (Wildman–Crippen LogP) is 3.25. The lowest BCUT2D eigenvalue weighted by molar-refractivity contribution is -0.125. The van der Waals surface area contributed by atoms with Crippen LogP contribution >= 0.6 is 0 Å². The Labute approximate surface area is 124 Å². The molecule has 3 nitrogen and oxygen atoms in total. The van der Waals surface area contributed by atoms with Gasteiger partial charge in [-0.15, -0.1) is 0 Å². The molecule has 1 saturated carbocycles. The van der Waals surface area contributed by atoms with E-state index in [0.717, 1.165) is 38.6 Å². The lowest BCUT2D eigenvalue weighted by Crippen LogP contribution is -2.51. The Morgan fingerprint density at radius 1 is 1.15 bits per heavy atom. The van der Waals surface area contributed by atoms with E-state index in [2.05, 4.69) is 39.9 Å². The average Bonchev–Trinajstić information content (AvgIpc) is 2.57. The molecule has 1 saturated heterocycles. The molecule has 1 aliphatic heterocycles. The summed E-state index contributed by atoms with van der Waals surface area (Å²) < 4.78 is 6.18. The fourth-order valence-corrected chi connectivity index (χ4v) is 4.42. The molecule has 2 N–H and O–H groups in total. The summed E-state index contributed by atoms with van der Waals surface area (Å²) in [6, 6.07) is 0.591. The minimum absolute atomic E-state index is 0.110. The third-order valence-electron chi connectivity index (χ3n) is 5.26. The summed E-state index contributed by atoms with van der Waals surface area (Å²) in [5, 5.41) is 14.8. The van der Waals surface area contributed by atoms with Gasteiger partial charge in [0.2, 0.25) is 0 Å². The summed E-state index contributed by atoms with van der Waals surface area (Å²) >= 11 is 0. The molecule has 2 aliphatic rings. The molecule has 0 amide bonds. The van der Waals surface area contributed by atoms with Crippen LogP contribution in [-0.2, 0) is 4.74 Å². The van der Waals surface area contributed by atoms with Gasteiger partial charge >= 0.3 is 0 Å². The van der Waals surface area contributed by atoms with Gasteiger partial charge in [0.1, 0.15) is 0 Å². The van der Waals surface area contributed by atoms with Crippen molar-refractivity contribution in [1.29, 1.82) is 0 Å². The van der Waals surface area contributed by atoms with Gasteiger partial charge in [-0.25, -0.2) is 0 Å². The second kappa shape index (κ2) is 5.58. The van der Waals surface area contributed by atoms with Gasteiger partial charge in [0, 0.05) is 12.0 Å². The largest absolute Gasteiger partial charge is 0.389 e. The van der Waals surface area contributed by atoms with Crippen LogP contribution in [0.2, 0.25) is 0 Å². The second-order valence-corrected chi connectivity index (χ2v) is 8.05. The zero-order chi connectivity index (χ0) is 15.0. The van der Waals surface area contributed by atoms with Crippen LogP contribution in [0.3, 0.4) is 0 Å². The van der Waals surface area contributed by atoms with Crippen LogP contribution in [0.5, 0.6) is 0 Å². The Hall–Kier alpha value is -0.120. The summed E-state index contributed by atoms with van der Waals surface area (Å²) in [6.45, 7) is 11.9. The van der Waals surface area contributed by atoms with Crippen molar-refractivity contribution in [2.75, 3.05) is 6.54 Å². The zero-order valence-corrected chi connectivity index (χ0v) is 14.0. The average molecular weight is 283 g/mol. The Morgan fingerprint density at radius 2 is 1.75 bits per heavy atom. The van der Waals surface area contributed by atoms with Crippen molar-refractivity contribution in [1.82, 2.24) is 5.32 Å². The molecule has 1 atom stereocenters. The smallest absolute Gasteiger partial charge is 0.0705 e. The Kier molecular flexibility index (Phi) is 4.54. The molecule has 20 heavy (non-hydrogen) atoms. The Balaban J connectivity index is 1.99. The molecule has 1 aliphatic carbocycles. The fraction of sp³-hybridized carbons (Fsp3) is 1.00. The number of ether oxygens (including phenoxy) is 1. The predicted molar refractivity (Wildman–Crippen MR) is 82.8 cm³/mol. The highest BCUT2D eigenvalue weighted by molar-refractivity contribution is 5.05. The van der Waals surface area contributed by atoms with E-state index in [1.54, 1.807) is 0 Å². The van der Waals surface area contributed by atoms with E-state index in [4.69, 9.17) is 4.74 Å². The highest BCUT2D eigenvalue weighted by atomic mass is 16.5. The second-order valence-electron chi connectivity index (χ2n) is 8.05. The van der Waals surface area contributed by atoms with Crippen molar-refractivity contribution in [2.45, 2.75) is 96.0 Å². The molecule has 2 fully saturated rings. The van der Waals surface area contributed by atoms with Crippen molar-refractivity contribution >= 4 is 0 Å². The van der Waals surface area contributed by atoms with Crippen LogP contribution in [0.15, 0.2) is 0 Å². The van der Waals surface area contributed by atoms with E-state index in [1.165, 1.54) is 6.42 Å². The molecule has 118 valence electrons. The van der Waals surface area contributed by atoms with E-state index >= 15 is 0 Å². The van der Waals surface area contributed by atoms with Crippen LogP contribution < -0.4 is 5.32 Å². The first-order valence-corrected chi connectivity index (χ1v) is 8.34. The van der Waals surface area contributed by atoms with Crippen LogP contribution in [0.4, 0.5) is 0 Å². The molecular weight excluding hydrogens is 250 g/mol. The van der Waals surface area contributed by atoms with E-state index in [0.29, 0.717) is 6.04 Å². The summed E-state index contributed by atoms with van der Waals surface area (Å²) in [5.41, 5.74) is -0.870. The molecule has 1 heterocycles. The molecule has 1 unspecified atom stereocenters. The summed E-state index contributed by atoms with van der Waals surface area (Å²) in [5.74, 6) is 0.247. The van der Waals surface area contributed by atoms with E-state index in [1.807, 2.05) is 0 Å². The minimum Gasteiger partial charge on any atom is -0.389 e. The van der Waals surface area contributed by atoms with Gasteiger partial charge in [-0.05, 0) is 72.8 Å². The number of nitrogens with one attached hydrogen (secondary N) is 1.